The molecule has 146 valence electrons. The molecule has 2 fully saturated rings. The molecular formula is C17H24N6O3S. The zero-order chi connectivity index (χ0) is 19.2. The topological polar surface area (TPSA) is 102 Å². The van der Waals surface area contributed by atoms with E-state index in [9.17, 15) is 13.2 Å². The van der Waals surface area contributed by atoms with Crippen molar-refractivity contribution in [3.8, 4) is 0 Å². The fourth-order valence-corrected chi connectivity index (χ4v) is 5.28. The number of hydrogen-bond donors (Lipinski definition) is 1. The number of nitrogens with one attached hydrogen (secondary N) is 1. The molecule has 9 nitrogen and oxygen atoms in total. The Labute approximate surface area is 158 Å². The van der Waals surface area contributed by atoms with Crippen LogP contribution in [0.2, 0.25) is 0 Å². The van der Waals surface area contributed by atoms with Crippen molar-refractivity contribution < 1.29 is 13.2 Å². The molecule has 1 amide bonds. The molecule has 2 atom stereocenters. The van der Waals surface area contributed by atoms with Crippen LogP contribution in [0.5, 0.6) is 0 Å². The SMILES string of the molecule is CN(C(=O)[C@@H]1CCCN1S(C)(=O)=O)[C@@H]1CCN(c2ncnc3[nH]ccc23)C1. The van der Waals surface area contributed by atoms with E-state index in [-0.39, 0.29) is 11.9 Å². The lowest BCUT2D eigenvalue weighted by molar-refractivity contribution is -0.135. The highest BCUT2D eigenvalue weighted by molar-refractivity contribution is 7.88. The number of H-pyrrole nitrogens is 1. The number of carbonyl (C=O) groups excluding carboxylic acids is 1. The first-order chi connectivity index (χ1) is 12.9. The third-order valence-corrected chi connectivity index (χ3v) is 6.89. The lowest BCUT2D eigenvalue weighted by Gasteiger charge is -2.30. The van der Waals surface area contributed by atoms with E-state index >= 15 is 0 Å². The van der Waals surface area contributed by atoms with E-state index in [1.54, 1.807) is 18.3 Å². The molecular weight excluding hydrogens is 368 g/mol. The number of anilines is 1. The van der Waals surface area contributed by atoms with E-state index in [1.807, 2.05) is 12.3 Å². The molecule has 1 N–H and O–H groups in total. The number of aromatic amines is 1. The molecule has 4 rings (SSSR count). The maximum atomic E-state index is 13.0. The number of amides is 1. The van der Waals surface area contributed by atoms with Crippen LogP contribution in [0.15, 0.2) is 18.6 Å². The smallest absolute Gasteiger partial charge is 0.241 e. The monoisotopic (exact) mass is 392 g/mol. The summed E-state index contributed by atoms with van der Waals surface area (Å²) in [6.07, 6.45) is 6.69. The first-order valence-electron chi connectivity index (χ1n) is 9.13. The quantitative estimate of drug-likeness (QED) is 0.809. The number of fused-ring (bicyclic) bond motifs is 1. The Bertz CT molecular complexity index is 958. The molecule has 0 aliphatic carbocycles. The highest BCUT2D eigenvalue weighted by Crippen LogP contribution is 2.28. The molecule has 2 aromatic rings. The average molecular weight is 392 g/mol. The molecule has 2 aliphatic heterocycles. The van der Waals surface area contributed by atoms with Gasteiger partial charge in [-0.1, -0.05) is 0 Å². The minimum Gasteiger partial charge on any atom is -0.354 e. The van der Waals surface area contributed by atoms with Crippen LogP contribution in [-0.2, 0) is 14.8 Å². The van der Waals surface area contributed by atoms with Crippen LogP contribution in [0.25, 0.3) is 11.0 Å². The molecule has 0 bridgehead atoms. The van der Waals surface area contributed by atoms with Crippen molar-refractivity contribution in [3.05, 3.63) is 18.6 Å². The van der Waals surface area contributed by atoms with Crippen molar-refractivity contribution in [2.45, 2.75) is 31.3 Å². The second kappa shape index (κ2) is 6.75. The number of nitrogens with zero attached hydrogens (tertiary/aromatic N) is 5. The van der Waals surface area contributed by atoms with Gasteiger partial charge in [-0.05, 0) is 25.3 Å². The maximum absolute atomic E-state index is 13.0. The summed E-state index contributed by atoms with van der Waals surface area (Å²) in [6, 6.07) is 1.41. The van der Waals surface area contributed by atoms with Gasteiger partial charge < -0.3 is 14.8 Å². The summed E-state index contributed by atoms with van der Waals surface area (Å²) >= 11 is 0. The predicted molar refractivity (Wildman–Crippen MR) is 102 cm³/mol. The lowest BCUT2D eigenvalue weighted by Crippen LogP contribution is -2.49. The number of hydrogen-bond acceptors (Lipinski definition) is 6. The van der Waals surface area contributed by atoms with Crippen LogP contribution in [0, 0.1) is 0 Å². The largest absolute Gasteiger partial charge is 0.354 e. The van der Waals surface area contributed by atoms with Gasteiger partial charge in [0.15, 0.2) is 0 Å². The summed E-state index contributed by atoms with van der Waals surface area (Å²) in [6.45, 7) is 1.89. The van der Waals surface area contributed by atoms with Gasteiger partial charge in [-0.3, -0.25) is 4.79 Å². The molecule has 0 unspecified atom stereocenters. The van der Waals surface area contributed by atoms with Crippen LogP contribution in [-0.4, -0.2) is 83.5 Å². The summed E-state index contributed by atoms with van der Waals surface area (Å²) in [4.78, 5) is 28.6. The van der Waals surface area contributed by atoms with Crippen LogP contribution >= 0.6 is 0 Å². The molecule has 10 heteroatoms. The van der Waals surface area contributed by atoms with Crippen molar-refractivity contribution in [2.24, 2.45) is 0 Å². The van der Waals surface area contributed by atoms with Crippen LogP contribution in [0.4, 0.5) is 5.82 Å². The highest BCUT2D eigenvalue weighted by atomic mass is 32.2. The van der Waals surface area contributed by atoms with Crippen molar-refractivity contribution >= 4 is 32.8 Å². The van der Waals surface area contributed by atoms with Gasteiger partial charge in [-0.25, -0.2) is 18.4 Å². The molecule has 0 radical (unpaired) electrons. The number of carbonyl (C=O) groups is 1. The predicted octanol–water partition coefficient (Wildman–Crippen LogP) is 0.419. The second-order valence-corrected chi connectivity index (χ2v) is 9.24. The molecule has 2 aliphatic rings. The highest BCUT2D eigenvalue weighted by Gasteiger charge is 2.40. The summed E-state index contributed by atoms with van der Waals surface area (Å²) in [7, 11) is -1.59. The van der Waals surface area contributed by atoms with E-state index in [1.165, 1.54) is 10.6 Å². The lowest BCUT2D eigenvalue weighted by atomic mass is 10.1. The molecule has 2 saturated heterocycles. The molecule has 4 heterocycles. The summed E-state index contributed by atoms with van der Waals surface area (Å²) in [5.74, 6) is 0.752. The van der Waals surface area contributed by atoms with E-state index in [4.69, 9.17) is 0 Å². The Balaban J connectivity index is 1.48. The molecule has 0 spiro atoms. The first-order valence-corrected chi connectivity index (χ1v) is 11.0. The normalized spacial score (nSPS) is 24.0. The van der Waals surface area contributed by atoms with Gasteiger partial charge in [0.25, 0.3) is 0 Å². The number of aromatic nitrogens is 3. The summed E-state index contributed by atoms with van der Waals surface area (Å²) in [5, 5.41) is 0.964. The second-order valence-electron chi connectivity index (χ2n) is 7.31. The van der Waals surface area contributed by atoms with Gasteiger partial charge in [0.05, 0.1) is 17.7 Å². The molecule has 0 aromatic carbocycles. The third-order valence-electron chi connectivity index (χ3n) is 5.61. The molecule has 2 aromatic heterocycles. The molecule has 0 saturated carbocycles. The Hall–Kier alpha value is -2.20. The fourth-order valence-electron chi connectivity index (χ4n) is 4.16. The van der Waals surface area contributed by atoms with E-state index in [2.05, 4.69) is 19.9 Å². The minimum absolute atomic E-state index is 0.0310. The average Bonchev–Trinajstić information content (AvgIpc) is 3.38. The number of likely N-dealkylation sites (N-methyl/N-ethyl adjacent to an activating group) is 1. The Kier molecular flexibility index (Phi) is 4.55. The zero-order valence-electron chi connectivity index (χ0n) is 15.5. The third kappa shape index (κ3) is 3.27. The van der Waals surface area contributed by atoms with E-state index in [0.29, 0.717) is 19.5 Å². The van der Waals surface area contributed by atoms with Crippen LogP contribution < -0.4 is 4.90 Å². The summed E-state index contributed by atoms with van der Waals surface area (Å²) < 4.78 is 25.3. The van der Waals surface area contributed by atoms with Gasteiger partial charge in [0.2, 0.25) is 15.9 Å². The maximum Gasteiger partial charge on any atom is 0.241 e. The van der Waals surface area contributed by atoms with Crippen molar-refractivity contribution in [3.63, 3.8) is 0 Å². The van der Waals surface area contributed by atoms with Gasteiger partial charge in [-0.2, -0.15) is 4.31 Å². The van der Waals surface area contributed by atoms with Gasteiger partial charge >= 0.3 is 0 Å². The summed E-state index contributed by atoms with van der Waals surface area (Å²) in [5.41, 5.74) is 0.794. The standard InChI is InChI=1S/C17H24N6O3S/c1-21(17(24)14-4-3-8-23(14)27(2,25)26)12-6-9-22(10-12)16-13-5-7-18-15(13)19-11-20-16/h5,7,11-12,14H,3-4,6,8-10H2,1-2H3,(H,18,19,20)/t12-,14+/m1/s1. The minimum atomic E-state index is -3.37. The van der Waals surface area contributed by atoms with Crippen LogP contribution in [0.1, 0.15) is 19.3 Å². The molecule has 27 heavy (non-hydrogen) atoms. The van der Waals surface area contributed by atoms with E-state index in [0.717, 1.165) is 36.2 Å². The Morgan fingerprint density at radius 3 is 2.89 bits per heavy atom. The Morgan fingerprint density at radius 1 is 1.30 bits per heavy atom. The number of rotatable bonds is 4. The zero-order valence-corrected chi connectivity index (χ0v) is 16.3. The van der Waals surface area contributed by atoms with Gasteiger partial charge in [0.1, 0.15) is 23.8 Å². The van der Waals surface area contributed by atoms with Crippen molar-refractivity contribution in [2.75, 3.05) is 37.8 Å². The van der Waals surface area contributed by atoms with E-state index < -0.39 is 16.1 Å². The fraction of sp³-hybridized carbons (Fsp3) is 0.588. The van der Waals surface area contributed by atoms with Crippen molar-refractivity contribution in [1.29, 1.82) is 0 Å². The number of sulfonamides is 1. The van der Waals surface area contributed by atoms with Crippen LogP contribution in [0.3, 0.4) is 0 Å². The van der Waals surface area contributed by atoms with Gasteiger partial charge in [-0.15, -0.1) is 0 Å². The first kappa shape index (κ1) is 18.2. The van der Waals surface area contributed by atoms with Gasteiger partial charge in [0, 0.05) is 32.9 Å². The Morgan fingerprint density at radius 2 is 2.11 bits per heavy atom. The van der Waals surface area contributed by atoms with Crippen molar-refractivity contribution in [1.82, 2.24) is 24.2 Å².